The van der Waals surface area contributed by atoms with Crippen LogP contribution in [0.3, 0.4) is 0 Å². The first kappa shape index (κ1) is 10.2. The molecule has 0 unspecified atom stereocenters. The normalized spacial score (nSPS) is 10.4. The maximum absolute atomic E-state index is 13.0. The van der Waals surface area contributed by atoms with E-state index >= 15 is 0 Å². The van der Waals surface area contributed by atoms with Crippen LogP contribution in [0.2, 0.25) is 0 Å². The Bertz CT molecular complexity index is 271. The molecule has 1 N–H and O–H groups in total. The minimum absolute atomic E-state index is 0.165. The van der Waals surface area contributed by atoms with Crippen molar-refractivity contribution in [1.82, 2.24) is 0 Å². The Morgan fingerprint density at radius 3 is 2.54 bits per heavy atom. The molecular formula is C11H15FO. The Kier molecular flexibility index (Phi) is 3.90. The first-order chi connectivity index (χ1) is 6.26. The van der Waals surface area contributed by atoms with Crippen molar-refractivity contribution in [2.75, 3.05) is 6.61 Å². The Hall–Kier alpha value is -0.890. The van der Waals surface area contributed by atoms with Gasteiger partial charge in [0.1, 0.15) is 5.82 Å². The average molecular weight is 182 g/mol. The molecule has 0 fully saturated rings. The lowest BCUT2D eigenvalue weighted by Gasteiger charge is -2.03. The van der Waals surface area contributed by atoms with Gasteiger partial charge >= 0.3 is 0 Å². The smallest absolute Gasteiger partial charge is 0.123 e. The number of hydrogen-bond acceptors (Lipinski definition) is 1. The fourth-order valence-corrected chi connectivity index (χ4v) is 1.35. The summed E-state index contributed by atoms with van der Waals surface area (Å²) in [5.41, 5.74) is 2.00. The highest BCUT2D eigenvalue weighted by Crippen LogP contribution is 2.11. The van der Waals surface area contributed by atoms with Crippen molar-refractivity contribution in [3.8, 4) is 0 Å². The van der Waals surface area contributed by atoms with E-state index in [1.165, 1.54) is 6.07 Å². The van der Waals surface area contributed by atoms with Crippen LogP contribution in [0.1, 0.15) is 24.5 Å². The number of hydrogen-bond donors (Lipinski definition) is 1. The second-order valence-corrected chi connectivity index (χ2v) is 3.15. The van der Waals surface area contributed by atoms with Crippen molar-refractivity contribution in [3.63, 3.8) is 0 Å². The van der Waals surface area contributed by atoms with Gasteiger partial charge in [-0.15, -0.1) is 0 Å². The standard InChI is InChI=1S/C11H15FO/c1-2-9-6-10(4-3-5-13)8-11(12)7-9/h6-8,13H,2-5H2,1H3. The van der Waals surface area contributed by atoms with Gasteiger partial charge in [0.15, 0.2) is 0 Å². The maximum Gasteiger partial charge on any atom is 0.123 e. The van der Waals surface area contributed by atoms with Gasteiger partial charge in [-0.05, 0) is 42.5 Å². The van der Waals surface area contributed by atoms with Gasteiger partial charge in [0.05, 0.1) is 0 Å². The third kappa shape index (κ3) is 3.15. The number of rotatable bonds is 4. The molecule has 0 atom stereocenters. The van der Waals surface area contributed by atoms with Crippen LogP contribution in [0.4, 0.5) is 4.39 Å². The minimum Gasteiger partial charge on any atom is -0.396 e. The molecular weight excluding hydrogens is 167 g/mol. The van der Waals surface area contributed by atoms with E-state index in [4.69, 9.17) is 5.11 Å². The fraction of sp³-hybridized carbons (Fsp3) is 0.455. The molecule has 0 aromatic heterocycles. The predicted octanol–water partition coefficient (Wildman–Crippen LogP) is 2.31. The zero-order valence-electron chi connectivity index (χ0n) is 7.89. The van der Waals surface area contributed by atoms with E-state index < -0.39 is 0 Å². The van der Waals surface area contributed by atoms with E-state index in [2.05, 4.69) is 0 Å². The highest BCUT2D eigenvalue weighted by molar-refractivity contribution is 5.24. The van der Waals surface area contributed by atoms with Gasteiger partial charge in [0, 0.05) is 6.61 Å². The molecule has 2 heteroatoms. The molecule has 0 aliphatic heterocycles. The number of aliphatic hydroxyl groups excluding tert-OH is 1. The summed E-state index contributed by atoms with van der Waals surface area (Å²) in [6, 6.07) is 5.09. The van der Waals surface area contributed by atoms with Gasteiger partial charge in [0.25, 0.3) is 0 Å². The zero-order valence-corrected chi connectivity index (χ0v) is 7.89. The van der Waals surface area contributed by atoms with Crippen LogP contribution >= 0.6 is 0 Å². The van der Waals surface area contributed by atoms with Crippen LogP contribution in [0.5, 0.6) is 0 Å². The first-order valence-corrected chi connectivity index (χ1v) is 4.65. The van der Waals surface area contributed by atoms with Crippen LogP contribution in [0.15, 0.2) is 18.2 Å². The SMILES string of the molecule is CCc1cc(F)cc(CCCO)c1. The molecule has 0 aliphatic carbocycles. The highest BCUT2D eigenvalue weighted by Gasteiger charge is 1.99. The lowest BCUT2D eigenvalue weighted by molar-refractivity contribution is 0.288. The number of aryl methyl sites for hydroxylation is 2. The topological polar surface area (TPSA) is 20.2 Å². The van der Waals surface area contributed by atoms with Crippen molar-refractivity contribution in [2.24, 2.45) is 0 Å². The van der Waals surface area contributed by atoms with Gasteiger partial charge in [-0.2, -0.15) is 0 Å². The molecule has 1 aromatic rings. The van der Waals surface area contributed by atoms with Crippen LogP contribution in [-0.4, -0.2) is 11.7 Å². The third-order valence-corrected chi connectivity index (χ3v) is 2.05. The number of halogens is 1. The fourth-order valence-electron chi connectivity index (χ4n) is 1.35. The zero-order chi connectivity index (χ0) is 9.68. The summed E-state index contributed by atoms with van der Waals surface area (Å²) in [5.74, 6) is -0.174. The van der Waals surface area contributed by atoms with Crippen molar-refractivity contribution in [2.45, 2.75) is 26.2 Å². The highest BCUT2D eigenvalue weighted by atomic mass is 19.1. The number of benzene rings is 1. The van der Waals surface area contributed by atoms with E-state index in [1.807, 2.05) is 13.0 Å². The van der Waals surface area contributed by atoms with Gasteiger partial charge in [-0.25, -0.2) is 4.39 Å². The molecule has 1 nitrogen and oxygen atoms in total. The summed E-state index contributed by atoms with van der Waals surface area (Å²) in [7, 11) is 0. The van der Waals surface area contributed by atoms with E-state index in [0.29, 0.717) is 6.42 Å². The summed E-state index contributed by atoms with van der Waals surface area (Å²) in [6.45, 7) is 2.17. The van der Waals surface area contributed by atoms with Crippen LogP contribution in [0.25, 0.3) is 0 Å². The minimum atomic E-state index is -0.174. The predicted molar refractivity (Wildman–Crippen MR) is 51.2 cm³/mol. The van der Waals surface area contributed by atoms with Crippen molar-refractivity contribution >= 4 is 0 Å². The molecule has 0 heterocycles. The van der Waals surface area contributed by atoms with E-state index in [9.17, 15) is 4.39 Å². The molecule has 0 aliphatic rings. The lowest BCUT2D eigenvalue weighted by Crippen LogP contribution is -1.93. The first-order valence-electron chi connectivity index (χ1n) is 4.65. The van der Waals surface area contributed by atoms with Crippen molar-refractivity contribution in [3.05, 3.63) is 35.1 Å². The molecule has 13 heavy (non-hydrogen) atoms. The van der Waals surface area contributed by atoms with E-state index in [1.54, 1.807) is 6.07 Å². The van der Waals surface area contributed by atoms with Crippen LogP contribution in [0, 0.1) is 5.82 Å². The van der Waals surface area contributed by atoms with E-state index in [0.717, 1.165) is 24.0 Å². The molecule has 1 rings (SSSR count). The molecule has 0 saturated heterocycles. The number of aliphatic hydroxyl groups is 1. The van der Waals surface area contributed by atoms with Gasteiger partial charge in [-0.1, -0.05) is 13.0 Å². The Balaban J connectivity index is 2.76. The monoisotopic (exact) mass is 182 g/mol. The molecule has 0 saturated carbocycles. The average Bonchev–Trinajstić information content (AvgIpc) is 2.14. The largest absolute Gasteiger partial charge is 0.396 e. The third-order valence-electron chi connectivity index (χ3n) is 2.05. The van der Waals surface area contributed by atoms with Gasteiger partial charge in [-0.3, -0.25) is 0 Å². The summed E-state index contributed by atoms with van der Waals surface area (Å²) in [4.78, 5) is 0. The molecule has 0 bridgehead atoms. The second-order valence-electron chi connectivity index (χ2n) is 3.15. The molecule has 0 amide bonds. The molecule has 0 radical (unpaired) electrons. The molecule has 0 spiro atoms. The van der Waals surface area contributed by atoms with Crippen LogP contribution in [-0.2, 0) is 12.8 Å². The van der Waals surface area contributed by atoms with E-state index in [-0.39, 0.29) is 12.4 Å². The summed E-state index contributed by atoms with van der Waals surface area (Å²) >= 11 is 0. The Morgan fingerprint density at radius 1 is 1.23 bits per heavy atom. The van der Waals surface area contributed by atoms with Gasteiger partial charge in [0.2, 0.25) is 0 Å². The van der Waals surface area contributed by atoms with Crippen molar-refractivity contribution < 1.29 is 9.50 Å². The molecule has 72 valence electrons. The van der Waals surface area contributed by atoms with Crippen LogP contribution < -0.4 is 0 Å². The summed E-state index contributed by atoms with van der Waals surface area (Å²) < 4.78 is 13.0. The molecule has 1 aromatic carbocycles. The van der Waals surface area contributed by atoms with Crippen molar-refractivity contribution in [1.29, 1.82) is 0 Å². The second kappa shape index (κ2) is 4.97. The Labute approximate surface area is 78.2 Å². The van der Waals surface area contributed by atoms with Gasteiger partial charge < -0.3 is 5.11 Å². The summed E-state index contributed by atoms with van der Waals surface area (Å²) in [5, 5.41) is 8.63. The summed E-state index contributed by atoms with van der Waals surface area (Å²) in [6.07, 6.45) is 2.30. The maximum atomic E-state index is 13.0. The quantitative estimate of drug-likeness (QED) is 0.757. The lowest BCUT2D eigenvalue weighted by atomic mass is 10.0. The Morgan fingerprint density at radius 2 is 1.92 bits per heavy atom.